The zero-order chi connectivity index (χ0) is 31.2. The number of fused-ring (bicyclic) bond motifs is 3. The molecule has 0 unspecified atom stereocenters. The average Bonchev–Trinajstić information content (AvgIpc) is 3.59. The number of nitrogens with zero attached hydrogens (tertiary/aromatic N) is 4. The maximum atomic E-state index is 6.40. The Morgan fingerprint density at radius 3 is 2.28 bits per heavy atom. The Kier molecular flexibility index (Phi) is 8.09. The third-order valence-corrected chi connectivity index (χ3v) is 8.50. The van der Waals surface area contributed by atoms with E-state index in [4.69, 9.17) is 9.72 Å². The van der Waals surface area contributed by atoms with Crippen molar-refractivity contribution in [2.75, 3.05) is 0 Å². The maximum Gasteiger partial charge on any atom is 0.267 e. The molecule has 5 nitrogen and oxygen atoms in total. The summed E-state index contributed by atoms with van der Waals surface area (Å²) in [7, 11) is 0. The molecule has 0 saturated heterocycles. The Balaban J connectivity index is 0.00000351. The minimum Gasteiger partial charge on any atom is -0.510 e. The first kappa shape index (κ1) is 30.4. The molecule has 232 valence electrons. The quantitative estimate of drug-likeness (QED) is 0.125. The molecule has 0 spiro atoms. The summed E-state index contributed by atoms with van der Waals surface area (Å²) in [6.07, 6.45) is 5.44. The molecule has 8 aromatic rings. The molecule has 5 aromatic carbocycles. The van der Waals surface area contributed by atoms with Gasteiger partial charge in [-0.1, -0.05) is 72.2 Å². The number of rotatable bonds is 6. The van der Waals surface area contributed by atoms with E-state index < -0.39 is 0 Å². The average molecular weight is 790 g/mol. The van der Waals surface area contributed by atoms with Crippen molar-refractivity contribution in [1.29, 1.82) is 0 Å². The van der Waals surface area contributed by atoms with E-state index in [0.717, 1.165) is 61.5 Å². The number of hydrogen-bond acceptors (Lipinski definition) is 2. The van der Waals surface area contributed by atoms with Crippen molar-refractivity contribution in [3.8, 4) is 39.8 Å². The summed E-state index contributed by atoms with van der Waals surface area (Å²) in [4.78, 5) is 4.73. The van der Waals surface area contributed by atoms with E-state index in [1.807, 2.05) is 54.1 Å². The predicted molar refractivity (Wildman–Crippen MR) is 182 cm³/mol. The van der Waals surface area contributed by atoms with Gasteiger partial charge in [0, 0.05) is 50.0 Å². The largest absolute Gasteiger partial charge is 0.510 e. The van der Waals surface area contributed by atoms with Gasteiger partial charge in [-0.2, -0.15) is 18.2 Å². The van der Waals surface area contributed by atoms with Gasteiger partial charge in [-0.3, -0.25) is 4.57 Å². The molecule has 0 aliphatic carbocycles. The van der Waals surface area contributed by atoms with E-state index >= 15 is 0 Å². The molecule has 0 amide bonds. The van der Waals surface area contributed by atoms with E-state index in [0.29, 0.717) is 11.5 Å². The number of benzene rings is 5. The molecule has 8 rings (SSSR count). The molecule has 0 bridgehead atoms. The molecule has 3 aromatic heterocycles. The molecule has 0 aliphatic heterocycles. The van der Waals surface area contributed by atoms with Crippen molar-refractivity contribution in [3.05, 3.63) is 163 Å². The second-order valence-corrected chi connectivity index (χ2v) is 11.5. The van der Waals surface area contributed by atoms with Gasteiger partial charge in [0.15, 0.2) is 0 Å². The molecule has 0 saturated carbocycles. The van der Waals surface area contributed by atoms with Crippen molar-refractivity contribution in [2.45, 2.75) is 20.8 Å². The van der Waals surface area contributed by atoms with Crippen LogP contribution in [0.2, 0.25) is 0 Å². The minimum atomic E-state index is 0. The van der Waals surface area contributed by atoms with Gasteiger partial charge in [0.25, 0.3) is 6.33 Å². The first-order chi connectivity index (χ1) is 22.5. The number of imidazole rings is 1. The third kappa shape index (κ3) is 5.58. The first-order valence-corrected chi connectivity index (χ1v) is 15.3. The van der Waals surface area contributed by atoms with E-state index in [1.54, 1.807) is 0 Å². The number of aromatic nitrogens is 4. The van der Waals surface area contributed by atoms with Crippen LogP contribution in [0.4, 0.5) is 0 Å². The van der Waals surface area contributed by atoms with E-state index in [1.165, 1.54) is 5.56 Å². The van der Waals surface area contributed by atoms with Crippen LogP contribution in [0.1, 0.15) is 17.0 Å². The normalized spacial score (nSPS) is 11.1. The zero-order valence-corrected chi connectivity index (χ0v) is 28.4. The van der Waals surface area contributed by atoms with Crippen molar-refractivity contribution in [2.24, 2.45) is 0 Å². The van der Waals surface area contributed by atoms with Crippen molar-refractivity contribution in [3.63, 3.8) is 0 Å². The Bertz CT molecular complexity index is 2370. The monoisotopic (exact) mass is 789 g/mol. The molecular weight excluding hydrogens is 760 g/mol. The predicted octanol–water partition coefficient (Wildman–Crippen LogP) is 9.03. The van der Waals surface area contributed by atoms with E-state index in [2.05, 4.69) is 126 Å². The summed E-state index contributed by atoms with van der Waals surface area (Å²) in [5, 5.41) is 2.24. The van der Waals surface area contributed by atoms with Gasteiger partial charge in [-0.05, 0) is 72.8 Å². The fourth-order valence-electron chi connectivity index (χ4n) is 6.02. The van der Waals surface area contributed by atoms with Crippen molar-refractivity contribution in [1.82, 2.24) is 14.1 Å². The van der Waals surface area contributed by atoms with Crippen LogP contribution < -0.4 is 9.30 Å². The number of para-hydroxylation sites is 1. The molecule has 47 heavy (non-hydrogen) atoms. The number of pyridine rings is 1. The Morgan fingerprint density at radius 2 is 1.45 bits per heavy atom. The van der Waals surface area contributed by atoms with Gasteiger partial charge >= 0.3 is 0 Å². The number of aryl methyl sites for hydroxylation is 1. The van der Waals surface area contributed by atoms with Crippen molar-refractivity contribution < 1.29 is 30.4 Å². The topological polar surface area (TPSA) is 35.9 Å². The second-order valence-electron chi connectivity index (χ2n) is 11.5. The first-order valence-electron chi connectivity index (χ1n) is 15.3. The molecule has 3 heterocycles. The van der Waals surface area contributed by atoms with E-state index in [-0.39, 0.29) is 21.1 Å². The fraction of sp³-hybridized carbons (Fsp3) is 0.0732. The molecule has 0 aliphatic rings. The molecule has 0 radical (unpaired) electrons. The van der Waals surface area contributed by atoms with Crippen LogP contribution in [0.25, 0.3) is 50.1 Å². The van der Waals surface area contributed by atoms with Gasteiger partial charge in [-0.15, -0.1) is 29.7 Å². The summed E-state index contributed by atoms with van der Waals surface area (Å²) >= 11 is 0. The number of ether oxygens (including phenoxy) is 1. The van der Waals surface area contributed by atoms with Crippen molar-refractivity contribution >= 4 is 21.8 Å². The Hall–Kier alpha value is -5.25. The minimum absolute atomic E-state index is 0. The summed E-state index contributed by atoms with van der Waals surface area (Å²) in [5.41, 5.74) is 9.51. The molecule has 0 atom stereocenters. The molecular formula is C41H30N4OPt-2. The Morgan fingerprint density at radius 1 is 0.681 bits per heavy atom. The molecule has 0 N–H and O–H groups in total. The smallest absolute Gasteiger partial charge is 0.267 e. The van der Waals surface area contributed by atoms with Crippen LogP contribution in [0.15, 0.2) is 128 Å². The summed E-state index contributed by atoms with van der Waals surface area (Å²) in [5.74, 6) is 2.05. The van der Waals surface area contributed by atoms with Gasteiger partial charge < -0.3 is 13.9 Å². The van der Waals surface area contributed by atoms with Crippen LogP contribution in [-0.2, 0) is 21.1 Å². The zero-order valence-electron chi connectivity index (χ0n) is 26.1. The standard InChI is InChI=1S/C41H30N4O.Pt/c1-28-19-22-41(42-26-28)45-39-18-8-7-17-37(39)38-21-20-36(25-40(38)45)46-35-16-10-15-34(24-35)44-27-43(29(2)30(44)3)33-14-9-13-32(23-33)31-11-5-4-6-12-31;/h4-23,26H,1-3H3;/q-2;. The van der Waals surface area contributed by atoms with Crippen LogP contribution in [0.5, 0.6) is 11.5 Å². The summed E-state index contributed by atoms with van der Waals surface area (Å²) in [6.45, 7) is 6.26. The van der Waals surface area contributed by atoms with E-state index in [9.17, 15) is 0 Å². The van der Waals surface area contributed by atoms with Gasteiger partial charge in [0.2, 0.25) is 0 Å². The number of hydrogen-bond donors (Lipinski definition) is 0. The van der Waals surface area contributed by atoms with Gasteiger partial charge in [-0.25, -0.2) is 4.98 Å². The summed E-state index contributed by atoms with van der Waals surface area (Å²) in [6, 6.07) is 48.4. The fourth-order valence-corrected chi connectivity index (χ4v) is 6.02. The Labute approximate surface area is 288 Å². The van der Waals surface area contributed by atoms with Crippen LogP contribution in [0, 0.1) is 39.2 Å². The molecule has 6 heteroatoms. The van der Waals surface area contributed by atoms with Gasteiger partial charge in [0.1, 0.15) is 5.82 Å². The maximum absolute atomic E-state index is 6.40. The summed E-state index contributed by atoms with van der Waals surface area (Å²) < 4.78 is 12.7. The van der Waals surface area contributed by atoms with Crippen LogP contribution in [0.3, 0.4) is 0 Å². The SMILES string of the molecule is Cc1ccc(-n2c3[c-]c(Oc4[c-]c(-n5[c-][n+](-c6cccc(-c7ccccc7)c6)c(C)c5C)ccc4)ccc3c3ccccc32)nc1.[Pt]. The third-order valence-electron chi connectivity index (χ3n) is 8.50. The van der Waals surface area contributed by atoms with Crippen LogP contribution >= 0.6 is 0 Å². The van der Waals surface area contributed by atoms with Crippen LogP contribution in [-0.4, -0.2) is 14.1 Å². The second kappa shape index (κ2) is 12.5. The van der Waals surface area contributed by atoms with Gasteiger partial charge in [0.05, 0.1) is 11.4 Å². The molecule has 0 fully saturated rings.